The van der Waals surface area contributed by atoms with Gasteiger partial charge in [0.25, 0.3) is 0 Å². The van der Waals surface area contributed by atoms with Gasteiger partial charge in [-0.2, -0.15) is 0 Å². The molecule has 0 radical (unpaired) electrons. The maximum Gasteiger partial charge on any atom is 0.168 e. The third kappa shape index (κ3) is 2.36. The van der Waals surface area contributed by atoms with Crippen molar-refractivity contribution in [1.82, 2.24) is 9.97 Å². The molecule has 92 valence electrons. The number of aryl methyl sites for hydroxylation is 1. The summed E-state index contributed by atoms with van der Waals surface area (Å²) in [5.41, 5.74) is 0.871. The quantitative estimate of drug-likeness (QED) is 0.753. The van der Waals surface area contributed by atoms with Crippen LogP contribution in [0.4, 0.5) is 0 Å². The van der Waals surface area contributed by atoms with Crippen LogP contribution in [0.15, 0.2) is 6.07 Å². The summed E-state index contributed by atoms with van der Waals surface area (Å²) in [4.78, 5) is 19.6. The minimum absolute atomic E-state index is 0.387. The van der Waals surface area contributed by atoms with E-state index in [2.05, 4.69) is 9.97 Å². The molecule has 0 saturated heterocycles. The van der Waals surface area contributed by atoms with Crippen LogP contribution in [-0.4, -0.2) is 23.4 Å². The van der Waals surface area contributed by atoms with Gasteiger partial charge in [-0.3, -0.25) is 4.79 Å². The first-order valence-electron chi connectivity index (χ1n) is 6.07. The van der Waals surface area contributed by atoms with Gasteiger partial charge in [0.15, 0.2) is 12.1 Å². The molecule has 1 aromatic rings. The number of aromatic nitrogens is 2. The van der Waals surface area contributed by atoms with Crippen LogP contribution < -0.4 is 0 Å². The maximum atomic E-state index is 10.9. The second-order valence-corrected chi connectivity index (χ2v) is 4.63. The fourth-order valence-corrected chi connectivity index (χ4v) is 2.50. The lowest BCUT2D eigenvalue weighted by Gasteiger charge is -2.34. The highest BCUT2D eigenvalue weighted by Crippen LogP contribution is 2.38. The number of ether oxygens (including phenoxy) is 1. The Kier molecular flexibility index (Phi) is 3.52. The Hall–Kier alpha value is -1.29. The van der Waals surface area contributed by atoms with Gasteiger partial charge in [-0.05, 0) is 25.8 Å². The third-order valence-corrected chi connectivity index (χ3v) is 3.45. The van der Waals surface area contributed by atoms with E-state index in [-0.39, 0.29) is 5.60 Å². The summed E-state index contributed by atoms with van der Waals surface area (Å²) in [6, 6.07) is 1.70. The summed E-state index contributed by atoms with van der Waals surface area (Å²) in [6.45, 7) is 1.88. The number of hydrogen-bond donors (Lipinski definition) is 0. The summed E-state index contributed by atoms with van der Waals surface area (Å²) in [7, 11) is 1.71. The second-order valence-electron chi connectivity index (χ2n) is 4.63. The first-order valence-corrected chi connectivity index (χ1v) is 6.07. The SMILES string of the molecule is COC1(c2nc(C)cc(C=O)n2)CCCCC1. The molecule has 1 aliphatic rings. The number of carbonyl (C=O) groups is 1. The third-order valence-electron chi connectivity index (χ3n) is 3.45. The largest absolute Gasteiger partial charge is 0.370 e. The normalized spacial score (nSPS) is 18.9. The molecule has 4 nitrogen and oxygen atoms in total. The van der Waals surface area contributed by atoms with Crippen molar-refractivity contribution in [3.05, 3.63) is 23.3 Å². The van der Waals surface area contributed by atoms with Crippen LogP contribution in [0.2, 0.25) is 0 Å². The summed E-state index contributed by atoms with van der Waals surface area (Å²) >= 11 is 0. The molecule has 0 amide bonds. The van der Waals surface area contributed by atoms with Gasteiger partial charge < -0.3 is 4.74 Å². The van der Waals surface area contributed by atoms with Crippen LogP contribution in [0.1, 0.15) is 54.1 Å². The first kappa shape index (κ1) is 12.2. The van der Waals surface area contributed by atoms with E-state index < -0.39 is 0 Å². The Balaban J connectivity index is 2.42. The van der Waals surface area contributed by atoms with E-state index >= 15 is 0 Å². The molecule has 1 aromatic heterocycles. The lowest BCUT2D eigenvalue weighted by atomic mass is 9.84. The molecule has 2 rings (SSSR count). The number of carbonyl (C=O) groups excluding carboxylic acids is 1. The summed E-state index contributed by atoms with van der Waals surface area (Å²) in [6.07, 6.45) is 6.13. The van der Waals surface area contributed by atoms with Gasteiger partial charge in [0, 0.05) is 12.8 Å². The fourth-order valence-electron chi connectivity index (χ4n) is 2.50. The molecule has 0 bridgehead atoms. The Morgan fingerprint density at radius 3 is 2.59 bits per heavy atom. The number of aldehydes is 1. The topological polar surface area (TPSA) is 52.1 Å². The zero-order valence-electron chi connectivity index (χ0n) is 10.4. The zero-order valence-corrected chi connectivity index (χ0v) is 10.4. The monoisotopic (exact) mass is 234 g/mol. The van der Waals surface area contributed by atoms with Crippen molar-refractivity contribution in [3.63, 3.8) is 0 Å². The smallest absolute Gasteiger partial charge is 0.168 e. The molecule has 0 atom stereocenters. The second kappa shape index (κ2) is 4.92. The summed E-state index contributed by atoms with van der Waals surface area (Å²) < 4.78 is 5.68. The van der Waals surface area contributed by atoms with Crippen LogP contribution in [-0.2, 0) is 10.3 Å². The number of methoxy groups -OCH3 is 1. The van der Waals surface area contributed by atoms with Crippen LogP contribution >= 0.6 is 0 Å². The van der Waals surface area contributed by atoms with Gasteiger partial charge in [-0.25, -0.2) is 9.97 Å². The van der Waals surface area contributed by atoms with Crippen LogP contribution in [0.5, 0.6) is 0 Å². The van der Waals surface area contributed by atoms with Crippen molar-refractivity contribution in [2.24, 2.45) is 0 Å². The van der Waals surface area contributed by atoms with Crippen molar-refractivity contribution < 1.29 is 9.53 Å². The van der Waals surface area contributed by atoms with E-state index in [1.54, 1.807) is 13.2 Å². The van der Waals surface area contributed by atoms with Crippen LogP contribution in [0.25, 0.3) is 0 Å². The molecule has 0 N–H and O–H groups in total. The average Bonchev–Trinajstić information content (AvgIpc) is 2.38. The average molecular weight is 234 g/mol. The van der Waals surface area contributed by atoms with Crippen molar-refractivity contribution in [3.8, 4) is 0 Å². The fraction of sp³-hybridized carbons (Fsp3) is 0.615. The van der Waals surface area contributed by atoms with E-state index in [9.17, 15) is 4.79 Å². The molecule has 0 aliphatic heterocycles. The van der Waals surface area contributed by atoms with Crippen molar-refractivity contribution in [2.45, 2.75) is 44.6 Å². The van der Waals surface area contributed by atoms with E-state index in [0.717, 1.165) is 37.7 Å². The Labute approximate surface area is 101 Å². The predicted octanol–water partition coefficient (Wildman–Crippen LogP) is 2.40. The zero-order chi connectivity index (χ0) is 12.3. The summed E-state index contributed by atoms with van der Waals surface area (Å²) in [5.74, 6) is 0.668. The Morgan fingerprint density at radius 2 is 2.00 bits per heavy atom. The number of nitrogens with zero attached hydrogens (tertiary/aromatic N) is 2. The molecule has 1 fully saturated rings. The van der Waals surface area contributed by atoms with Crippen LogP contribution in [0, 0.1) is 6.92 Å². The molecule has 1 heterocycles. The highest BCUT2D eigenvalue weighted by Gasteiger charge is 2.37. The molecular weight excluding hydrogens is 216 g/mol. The molecule has 0 spiro atoms. The molecular formula is C13H18N2O2. The molecule has 0 aromatic carbocycles. The van der Waals surface area contributed by atoms with Crippen LogP contribution in [0.3, 0.4) is 0 Å². The Morgan fingerprint density at radius 1 is 1.29 bits per heavy atom. The Bertz CT molecular complexity index is 412. The maximum absolute atomic E-state index is 10.9. The van der Waals surface area contributed by atoms with E-state index in [0.29, 0.717) is 11.5 Å². The summed E-state index contributed by atoms with van der Waals surface area (Å²) in [5, 5.41) is 0. The van der Waals surface area contributed by atoms with Gasteiger partial charge >= 0.3 is 0 Å². The standard InChI is InChI=1S/C13H18N2O2/c1-10-8-11(9-16)15-12(14-10)13(17-2)6-4-3-5-7-13/h8-9H,3-7H2,1-2H3. The van der Waals surface area contributed by atoms with Gasteiger partial charge in [0.1, 0.15) is 11.3 Å². The lowest BCUT2D eigenvalue weighted by Crippen LogP contribution is -2.33. The van der Waals surface area contributed by atoms with E-state index in [1.807, 2.05) is 6.92 Å². The molecule has 1 saturated carbocycles. The van der Waals surface area contributed by atoms with Gasteiger partial charge in [0.2, 0.25) is 0 Å². The van der Waals surface area contributed by atoms with Crippen molar-refractivity contribution >= 4 is 6.29 Å². The highest BCUT2D eigenvalue weighted by molar-refractivity contribution is 5.71. The molecule has 4 heteroatoms. The predicted molar refractivity (Wildman–Crippen MR) is 63.9 cm³/mol. The minimum atomic E-state index is -0.387. The van der Waals surface area contributed by atoms with Gasteiger partial charge in [-0.1, -0.05) is 19.3 Å². The van der Waals surface area contributed by atoms with Crippen molar-refractivity contribution in [2.75, 3.05) is 7.11 Å². The minimum Gasteiger partial charge on any atom is -0.370 e. The molecule has 1 aliphatic carbocycles. The number of hydrogen-bond acceptors (Lipinski definition) is 4. The van der Waals surface area contributed by atoms with Crippen molar-refractivity contribution in [1.29, 1.82) is 0 Å². The first-order chi connectivity index (χ1) is 8.20. The number of rotatable bonds is 3. The van der Waals surface area contributed by atoms with E-state index in [4.69, 9.17) is 4.74 Å². The molecule has 0 unspecified atom stereocenters. The lowest BCUT2D eigenvalue weighted by molar-refractivity contribution is -0.0516. The highest BCUT2D eigenvalue weighted by atomic mass is 16.5. The molecule has 17 heavy (non-hydrogen) atoms. The van der Waals surface area contributed by atoms with Gasteiger partial charge in [0.05, 0.1) is 0 Å². The van der Waals surface area contributed by atoms with E-state index in [1.165, 1.54) is 6.42 Å². The van der Waals surface area contributed by atoms with Gasteiger partial charge in [-0.15, -0.1) is 0 Å².